The summed E-state index contributed by atoms with van der Waals surface area (Å²) in [7, 11) is 1.92. The van der Waals surface area contributed by atoms with Crippen molar-refractivity contribution >= 4 is 11.5 Å². The largest absolute Gasteiger partial charge is 0.353 e. The lowest BCUT2D eigenvalue weighted by atomic mass is 10.1. The van der Waals surface area contributed by atoms with Crippen molar-refractivity contribution in [1.29, 1.82) is 0 Å². The summed E-state index contributed by atoms with van der Waals surface area (Å²) in [5, 5.41) is 10.6. The van der Waals surface area contributed by atoms with Gasteiger partial charge in [0.15, 0.2) is 0 Å². The first-order chi connectivity index (χ1) is 9.09. The minimum absolute atomic E-state index is 0.00418. The molecule has 0 saturated heterocycles. The van der Waals surface area contributed by atoms with E-state index >= 15 is 0 Å². The van der Waals surface area contributed by atoms with Crippen molar-refractivity contribution in [3.8, 4) is 0 Å². The lowest BCUT2D eigenvalue weighted by Crippen LogP contribution is -2.22. The second-order valence-corrected chi connectivity index (χ2v) is 4.33. The van der Waals surface area contributed by atoms with Crippen LogP contribution >= 0.6 is 0 Å². The molecule has 1 aromatic heterocycles. The minimum Gasteiger partial charge on any atom is -0.353 e. The van der Waals surface area contributed by atoms with E-state index in [1.165, 1.54) is 17.8 Å². The van der Waals surface area contributed by atoms with Gasteiger partial charge in [0.1, 0.15) is 12.0 Å². The fraction of sp³-hybridized carbons (Fsp3) is 0.214. The van der Waals surface area contributed by atoms with Crippen LogP contribution in [-0.2, 0) is 0 Å². The number of hydrogen-bond donors (Lipinski definition) is 0. The molecular weight excluding hydrogens is 242 g/mol. The van der Waals surface area contributed by atoms with Gasteiger partial charge in [-0.3, -0.25) is 10.1 Å². The molecule has 0 saturated carbocycles. The zero-order chi connectivity index (χ0) is 13.8. The van der Waals surface area contributed by atoms with Gasteiger partial charge >= 0.3 is 0 Å². The molecule has 0 aliphatic carbocycles. The number of hydrogen-bond acceptors (Lipinski definition) is 4. The number of anilines is 1. The molecule has 5 nitrogen and oxygen atoms in total. The lowest BCUT2D eigenvalue weighted by molar-refractivity contribution is -0.385. The topological polar surface area (TPSA) is 59.3 Å². The van der Waals surface area contributed by atoms with E-state index in [1.807, 2.05) is 42.3 Å². The Balaban J connectivity index is 2.19. The summed E-state index contributed by atoms with van der Waals surface area (Å²) in [6.07, 6.45) is 1.28. The van der Waals surface area contributed by atoms with E-state index in [4.69, 9.17) is 0 Å². The summed E-state index contributed by atoms with van der Waals surface area (Å²) in [4.78, 5) is 16.3. The quantitative estimate of drug-likeness (QED) is 0.623. The van der Waals surface area contributed by atoms with Crippen LogP contribution < -0.4 is 4.90 Å². The van der Waals surface area contributed by atoms with Gasteiger partial charge in [-0.15, -0.1) is 0 Å². The number of pyridine rings is 1. The molecule has 1 aromatic carbocycles. The van der Waals surface area contributed by atoms with Crippen molar-refractivity contribution in [2.75, 3.05) is 11.9 Å². The first-order valence-electron chi connectivity index (χ1n) is 5.98. The maximum atomic E-state index is 10.6. The molecule has 0 bridgehead atoms. The highest BCUT2D eigenvalue weighted by Gasteiger charge is 2.14. The molecule has 19 heavy (non-hydrogen) atoms. The van der Waals surface area contributed by atoms with Crippen LogP contribution in [0, 0.1) is 10.1 Å². The first kappa shape index (κ1) is 13.0. The summed E-state index contributed by atoms with van der Waals surface area (Å²) < 4.78 is 0. The van der Waals surface area contributed by atoms with Gasteiger partial charge in [0.05, 0.1) is 11.0 Å². The Morgan fingerprint density at radius 2 is 1.89 bits per heavy atom. The molecule has 0 fully saturated rings. The Morgan fingerprint density at radius 1 is 1.21 bits per heavy atom. The summed E-state index contributed by atoms with van der Waals surface area (Å²) in [6, 6.07) is 13.3. The molecule has 2 rings (SSSR count). The zero-order valence-electron chi connectivity index (χ0n) is 10.9. The Hall–Kier alpha value is -2.43. The van der Waals surface area contributed by atoms with Gasteiger partial charge in [-0.1, -0.05) is 30.3 Å². The van der Waals surface area contributed by atoms with Crippen molar-refractivity contribution in [3.05, 3.63) is 64.3 Å². The van der Waals surface area contributed by atoms with Gasteiger partial charge < -0.3 is 4.90 Å². The van der Waals surface area contributed by atoms with Crippen LogP contribution in [0.25, 0.3) is 0 Å². The Bertz CT molecular complexity index is 555. The van der Waals surface area contributed by atoms with E-state index in [-0.39, 0.29) is 11.7 Å². The Labute approximate surface area is 111 Å². The molecule has 2 aromatic rings. The van der Waals surface area contributed by atoms with E-state index in [0.29, 0.717) is 5.82 Å². The van der Waals surface area contributed by atoms with Gasteiger partial charge in [-0.05, 0) is 18.6 Å². The molecule has 0 unspecified atom stereocenters. The predicted molar refractivity (Wildman–Crippen MR) is 74.2 cm³/mol. The highest BCUT2D eigenvalue weighted by atomic mass is 16.6. The fourth-order valence-corrected chi connectivity index (χ4v) is 1.85. The number of aromatic nitrogens is 1. The fourth-order valence-electron chi connectivity index (χ4n) is 1.85. The number of nitro groups is 1. The average molecular weight is 257 g/mol. The van der Waals surface area contributed by atoms with Crippen LogP contribution in [0.4, 0.5) is 11.5 Å². The summed E-state index contributed by atoms with van der Waals surface area (Å²) in [6.45, 7) is 2.07. The molecule has 0 N–H and O–H groups in total. The molecule has 0 spiro atoms. The van der Waals surface area contributed by atoms with Gasteiger partial charge in [-0.25, -0.2) is 4.98 Å². The molecule has 0 aliphatic heterocycles. The SMILES string of the molecule is C[C@@H](c1ccccc1)N(C)c1ccc([N+](=O)[O-])cn1. The molecule has 1 heterocycles. The maximum absolute atomic E-state index is 10.6. The van der Waals surface area contributed by atoms with Crippen molar-refractivity contribution in [2.45, 2.75) is 13.0 Å². The third-order valence-electron chi connectivity index (χ3n) is 3.17. The third-order valence-corrected chi connectivity index (χ3v) is 3.17. The molecule has 1 atom stereocenters. The maximum Gasteiger partial charge on any atom is 0.287 e. The molecule has 98 valence electrons. The lowest BCUT2D eigenvalue weighted by Gasteiger charge is -2.26. The highest BCUT2D eigenvalue weighted by molar-refractivity contribution is 5.44. The van der Waals surface area contributed by atoms with Gasteiger partial charge in [0.25, 0.3) is 5.69 Å². The molecule has 0 radical (unpaired) electrons. The summed E-state index contributed by atoms with van der Waals surface area (Å²) in [5.41, 5.74) is 1.18. The highest BCUT2D eigenvalue weighted by Crippen LogP contribution is 2.24. The predicted octanol–water partition coefficient (Wildman–Crippen LogP) is 3.19. The minimum atomic E-state index is -0.447. The third kappa shape index (κ3) is 2.88. The normalized spacial score (nSPS) is 11.9. The second kappa shape index (κ2) is 5.48. The van der Waals surface area contributed by atoms with Crippen LogP contribution in [0.1, 0.15) is 18.5 Å². The van der Waals surface area contributed by atoms with Gasteiger partial charge in [-0.2, -0.15) is 0 Å². The standard InChI is InChI=1S/C14H15N3O2/c1-11(12-6-4-3-5-7-12)16(2)14-9-8-13(10-15-14)17(18)19/h3-11H,1-2H3/t11-/m0/s1. The Kier molecular flexibility index (Phi) is 3.75. The second-order valence-electron chi connectivity index (χ2n) is 4.33. The van der Waals surface area contributed by atoms with Crippen LogP contribution in [0.5, 0.6) is 0 Å². The molecule has 0 aliphatic rings. The summed E-state index contributed by atoms with van der Waals surface area (Å²) in [5.74, 6) is 0.710. The van der Waals surface area contributed by atoms with Crippen molar-refractivity contribution in [1.82, 2.24) is 4.98 Å². The van der Waals surface area contributed by atoms with E-state index in [2.05, 4.69) is 11.9 Å². The average Bonchev–Trinajstić information content (AvgIpc) is 2.46. The van der Waals surface area contributed by atoms with E-state index in [9.17, 15) is 10.1 Å². The smallest absolute Gasteiger partial charge is 0.287 e. The van der Waals surface area contributed by atoms with Gasteiger partial charge in [0.2, 0.25) is 0 Å². The monoisotopic (exact) mass is 257 g/mol. The van der Waals surface area contributed by atoms with Crippen LogP contribution in [0.15, 0.2) is 48.7 Å². The molecular formula is C14H15N3O2. The first-order valence-corrected chi connectivity index (χ1v) is 5.98. The van der Waals surface area contributed by atoms with E-state index in [0.717, 1.165) is 0 Å². The van der Waals surface area contributed by atoms with Crippen molar-refractivity contribution in [3.63, 3.8) is 0 Å². The number of benzene rings is 1. The van der Waals surface area contributed by atoms with Crippen LogP contribution in [0.2, 0.25) is 0 Å². The van der Waals surface area contributed by atoms with Crippen molar-refractivity contribution in [2.24, 2.45) is 0 Å². The zero-order valence-corrected chi connectivity index (χ0v) is 10.9. The van der Waals surface area contributed by atoms with Crippen LogP contribution in [0.3, 0.4) is 0 Å². The van der Waals surface area contributed by atoms with Gasteiger partial charge in [0, 0.05) is 13.1 Å². The molecule has 0 amide bonds. The summed E-state index contributed by atoms with van der Waals surface area (Å²) >= 11 is 0. The number of nitrogens with zero attached hydrogens (tertiary/aromatic N) is 3. The van der Waals surface area contributed by atoms with E-state index < -0.39 is 4.92 Å². The molecule has 5 heteroatoms. The van der Waals surface area contributed by atoms with Crippen molar-refractivity contribution < 1.29 is 4.92 Å². The Morgan fingerprint density at radius 3 is 2.42 bits per heavy atom. The van der Waals surface area contributed by atoms with E-state index in [1.54, 1.807) is 6.07 Å². The number of rotatable bonds is 4. The van der Waals surface area contributed by atoms with Crippen LogP contribution in [-0.4, -0.2) is 17.0 Å².